The van der Waals surface area contributed by atoms with Crippen molar-refractivity contribution in [1.29, 1.82) is 0 Å². The Kier molecular flexibility index (Phi) is 3.68. The first-order valence-corrected chi connectivity index (χ1v) is 7.17. The van der Waals surface area contributed by atoms with Crippen LogP contribution in [0, 0.1) is 5.92 Å². The lowest BCUT2D eigenvalue weighted by atomic mass is 10.1. The fourth-order valence-electron chi connectivity index (χ4n) is 2.62. The predicted octanol–water partition coefficient (Wildman–Crippen LogP) is 1.47. The number of anilines is 1. The number of hydrogen-bond donors (Lipinski definition) is 3. The van der Waals surface area contributed by atoms with Gasteiger partial charge in [0, 0.05) is 12.6 Å². The van der Waals surface area contributed by atoms with Crippen molar-refractivity contribution in [2.24, 2.45) is 5.92 Å². The fourth-order valence-corrected chi connectivity index (χ4v) is 2.62. The molecule has 6 nitrogen and oxygen atoms in total. The first-order valence-electron chi connectivity index (χ1n) is 7.17. The number of carbonyl (C=O) groups excluding carboxylic acids is 1. The maximum Gasteiger partial charge on any atom is 0.305 e. The molecule has 0 aromatic heterocycles. The highest BCUT2D eigenvalue weighted by molar-refractivity contribution is 5.99. The number of fused-ring (bicyclic) bond motifs is 1. The molecule has 3 N–H and O–H groups in total. The van der Waals surface area contributed by atoms with Gasteiger partial charge in [0.2, 0.25) is 0 Å². The minimum Gasteiger partial charge on any atom is -0.489 e. The second-order valence-corrected chi connectivity index (χ2v) is 5.47. The Morgan fingerprint density at radius 2 is 2.24 bits per heavy atom. The third kappa shape index (κ3) is 3.09. The summed E-state index contributed by atoms with van der Waals surface area (Å²) in [6.45, 7) is 1.22. The van der Waals surface area contributed by atoms with Crippen molar-refractivity contribution in [3.63, 3.8) is 0 Å². The number of para-hydroxylation sites is 1. The third-order valence-electron chi connectivity index (χ3n) is 3.83. The van der Waals surface area contributed by atoms with Crippen LogP contribution in [-0.2, 0) is 4.79 Å². The van der Waals surface area contributed by atoms with E-state index in [-0.39, 0.29) is 24.3 Å². The van der Waals surface area contributed by atoms with Crippen LogP contribution in [0.2, 0.25) is 0 Å². The summed E-state index contributed by atoms with van der Waals surface area (Å²) < 4.78 is 5.57. The minimum atomic E-state index is -0.889. The second-order valence-electron chi connectivity index (χ2n) is 5.47. The van der Waals surface area contributed by atoms with E-state index < -0.39 is 5.97 Å². The molecular formula is C15H18N2O4. The average molecular weight is 290 g/mol. The van der Waals surface area contributed by atoms with Crippen LogP contribution < -0.4 is 15.4 Å². The van der Waals surface area contributed by atoms with Crippen LogP contribution in [0.3, 0.4) is 0 Å². The van der Waals surface area contributed by atoms with Crippen LogP contribution in [0.1, 0.15) is 29.6 Å². The van der Waals surface area contributed by atoms with Gasteiger partial charge in [0.25, 0.3) is 5.91 Å². The van der Waals surface area contributed by atoms with Crippen molar-refractivity contribution in [2.75, 3.05) is 18.5 Å². The molecule has 2 aliphatic rings. The molecule has 1 aliphatic carbocycles. The Labute approximate surface area is 122 Å². The van der Waals surface area contributed by atoms with Gasteiger partial charge in [0.1, 0.15) is 6.61 Å². The monoisotopic (exact) mass is 290 g/mol. The third-order valence-corrected chi connectivity index (χ3v) is 3.83. The van der Waals surface area contributed by atoms with E-state index in [9.17, 15) is 9.59 Å². The van der Waals surface area contributed by atoms with Crippen molar-refractivity contribution in [1.82, 2.24) is 5.32 Å². The molecule has 112 valence electrons. The lowest BCUT2D eigenvalue weighted by Gasteiger charge is -2.22. The highest BCUT2D eigenvalue weighted by Gasteiger charge is 2.34. The first-order chi connectivity index (χ1) is 10.1. The van der Waals surface area contributed by atoms with Crippen LogP contribution in [0.5, 0.6) is 5.75 Å². The Hall–Kier alpha value is -2.24. The summed E-state index contributed by atoms with van der Waals surface area (Å²) in [6.07, 6.45) is 1.91. The molecule has 1 atom stereocenters. The van der Waals surface area contributed by atoms with Crippen molar-refractivity contribution < 1.29 is 19.4 Å². The standard InChI is InChI=1S/C15H18N2O4/c18-13(19)8-12(9-4-5-9)17-15(20)10-2-1-3-11-14(10)21-7-6-16-11/h1-3,9,12,16H,4-8H2,(H,17,20)(H,18,19). The molecular weight excluding hydrogens is 272 g/mol. The van der Waals surface area contributed by atoms with E-state index in [1.54, 1.807) is 12.1 Å². The Bertz CT molecular complexity index is 569. The van der Waals surface area contributed by atoms with Gasteiger partial charge in [0.05, 0.1) is 17.7 Å². The zero-order valence-corrected chi connectivity index (χ0v) is 11.6. The first kappa shape index (κ1) is 13.7. The molecule has 1 aromatic carbocycles. The van der Waals surface area contributed by atoms with Crippen LogP contribution in [0.4, 0.5) is 5.69 Å². The highest BCUT2D eigenvalue weighted by Crippen LogP contribution is 2.35. The van der Waals surface area contributed by atoms with Gasteiger partial charge < -0.3 is 20.5 Å². The number of ether oxygens (including phenoxy) is 1. The molecule has 0 bridgehead atoms. The van der Waals surface area contributed by atoms with Crippen LogP contribution in [-0.4, -0.2) is 36.2 Å². The van der Waals surface area contributed by atoms with Gasteiger partial charge in [-0.3, -0.25) is 9.59 Å². The molecule has 1 amide bonds. The van der Waals surface area contributed by atoms with Crippen LogP contribution in [0.15, 0.2) is 18.2 Å². The van der Waals surface area contributed by atoms with Crippen LogP contribution >= 0.6 is 0 Å². The number of hydrogen-bond acceptors (Lipinski definition) is 4. The topological polar surface area (TPSA) is 87.7 Å². The molecule has 1 unspecified atom stereocenters. The molecule has 1 aromatic rings. The van der Waals surface area contributed by atoms with E-state index in [1.165, 1.54) is 0 Å². The lowest BCUT2D eigenvalue weighted by molar-refractivity contribution is -0.137. The number of carboxylic acid groups (broad SMARTS) is 1. The van der Waals surface area contributed by atoms with Crippen molar-refractivity contribution in [3.8, 4) is 5.75 Å². The molecule has 0 saturated heterocycles. The lowest BCUT2D eigenvalue weighted by Crippen LogP contribution is -2.38. The number of carbonyl (C=O) groups is 2. The van der Waals surface area contributed by atoms with E-state index in [4.69, 9.17) is 9.84 Å². The summed E-state index contributed by atoms with van der Waals surface area (Å²) in [7, 11) is 0. The number of nitrogens with one attached hydrogen (secondary N) is 2. The average Bonchev–Trinajstić information content (AvgIpc) is 3.30. The maximum absolute atomic E-state index is 12.4. The molecule has 21 heavy (non-hydrogen) atoms. The Morgan fingerprint density at radius 1 is 1.43 bits per heavy atom. The quantitative estimate of drug-likeness (QED) is 0.764. The summed E-state index contributed by atoms with van der Waals surface area (Å²) >= 11 is 0. The SMILES string of the molecule is O=C(O)CC(NC(=O)c1cccc2c1OCCN2)C1CC1. The van der Waals surface area contributed by atoms with Crippen LogP contribution in [0.25, 0.3) is 0 Å². The zero-order chi connectivity index (χ0) is 14.8. The van der Waals surface area contributed by atoms with Gasteiger partial charge in [-0.05, 0) is 30.9 Å². The van der Waals surface area contributed by atoms with Crippen molar-refractivity contribution in [3.05, 3.63) is 23.8 Å². The van der Waals surface area contributed by atoms with E-state index in [1.807, 2.05) is 6.07 Å². The summed E-state index contributed by atoms with van der Waals surface area (Å²) in [4.78, 5) is 23.3. The smallest absolute Gasteiger partial charge is 0.305 e. The summed E-state index contributed by atoms with van der Waals surface area (Å²) in [5.41, 5.74) is 1.26. The molecule has 3 rings (SSSR count). The molecule has 0 spiro atoms. The van der Waals surface area contributed by atoms with E-state index >= 15 is 0 Å². The summed E-state index contributed by atoms with van der Waals surface area (Å²) in [6, 6.07) is 5.05. The van der Waals surface area contributed by atoms with Gasteiger partial charge in [0.15, 0.2) is 5.75 Å². The Morgan fingerprint density at radius 3 is 2.95 bits per heavy atom. The van der Waals surface area contributed by atoms with Gasteiger partial charge >= 0.3 is 5.97 Å². The molecule has 1 fully saturated rings. The molecule has 1 saturated carbocycles. The normalized spacial score (nSPS) is 17.9. The van der Waals surface area contributed by atoms with Gasteiger partial charge in [-0.2, -0.15) is 0 Å². The number of amides is 1. The van der Waals surface area contributed by atoms with Crippen molar-refractivity contribution in [2.45, 2.75) is 25.3 Å². The molecule has 0 radical (unpaired) electrons. The Balaban J connectivity index is 1.77. The molecule has 6 heteroatoms. The number of carboxylic acids is 1. The van der Waals surface area contributed by atoms with E-state index in [2.05, 4.69) is 10.6 Å². The second kappa shape index (κ2) is 5.63. The predicted molar refractivity (Wildman–Crippen MR) is 76.7 cm³/mol. The largest absolute Gasteiger partial charge is 0.489 e. The van der Waals surface area contributed by atoms with Crippen molar-refractivity contribution >= 4 is 17.6 Å². The maximum atomic E-state index is 12.4. The van der Waals surface area contributed by atoms with E-state index in [0.29, 0.717) is 24.5 Å². The number of benzene rings is 1. The van der Waals surface area contributed by atoms with Gasteiger partial charge in [-0.15, -0.1) is 0 Å². The highest BCUT2D eigenvalue weighted by atomic mass is 16.5. The fraction of sp³-hybridized carbons (Fsp3) is 0.467. The van der Waals surface area contributed by atoms with Gasteiger partial charge in [-0.25, -0.2) is 0 Å². The molecule has 1 heterocycles. The zero-order valence-electron chi connectivity index (χ0n) is 11.6. The van der Waals surface area contributed by atoms with E-state index in [0.717, 1.165) is 18.5 Å². The number of aliphatic carboxylic acids is 1. The summed E-state index contributed by atoms with van der Waals surface area (Å²) in [5.74, 6) is -0.330. The summed E-state index contributed by atoms with van der Waals surface area (Å²) in [5, 5.41) is 15.0. The number of rotatable bonds is 5. The van der Waals surface area contributed by atoms with Gasteiger partial charge in [-0.1, -0.05) is 6.07 Å². The minimum absolute atomic E-state index is 0.0372. The molecule has 1 aliphatic heterocycles.